The Bertz CT molecular complexity index is 215. The Balaban J connectivity index is 2.30. The minimum absolute atomic E-state index is 0.682. The van der Waals surface area contributed by atoms with Gasteiger partial charge in [-0.2, -0.15) is 0 Å². The molecule has 2 aliphatic rings. The Morgan fingerprint density at radius 1 is 1.50 bits per heavy atom. The number of carboxylic acid groups (broad SMARTS) is 1. The monoisotopic (exact) mass is 138 g/mol. The van der Waals surface area contributed by atoms with Gasteiger partial charge in [-0.05, 0) is 31.6 Å². The smallest absolute Gasteiger partial charge is 0.331 e. The third-order valence-electron chi connectivity index (χ3n) is 2.57. The van der Waals surface area contributed by atoms with Gasteiger partial charge in [0.1, 0.15) is 0 Å². The molecule has 2 nitrogen and oxygen atoms in total. The van der Waals surface area contributed by atoms with Gasteiger partial charge in [0, 0.05) is 5.57 Å². The fourth-order valence-corrected chi connectivity index (χ4v) is 2.05. The van der Waals surface area contributed by atoms with Crippen molar-refractivity contribution in [2.45, 2.75) is 25.7 Å². The quantitative estimate of drug-likeness (QED) is 0.597. The van der Waals surface area contributed by atoms with Crippen LogP contribution in [0.25, 0.3) is 0 Å². The molecule has 2 aliphatic carbocycles. The molecular formula is C8H10O2. The van der Waals surface area contributed by atoms with E-state index in [0.717, 1.165) is 24.8 Å². The molecule has 1 atom stereocenters. The zero-order valence-corrected chi connectivity index (χ0v) is 5.76. The summed E-state index contributed by atoms with van der Waals surface area (Å²) >= 11 is 0. The standard InChI is InChI=1S/C8H10O2/c9-8(10)7-4-5-1-2-6(7)3-5/h5H,1-4H2,(H,9,10)/t5-/m0/s1. The zero-order chi connectivity index (χ0) is 7.14. The second-order valence-corrected chi connectivity index (χ2v) is 3.20. The minimum atomic E-state index is -0.683. The van der Waals surface area contributed by atoms with Crippen LogP contribution in [-0.4, -0.2) is 11.1 Å². The molecule has 0 aliphatic heterocycles. The van der Waals surface area contributed by atoms with E-state index in [1.165, 1.54) is 12.0 Å². The van der Waals surface area contributed by atoms with E-state index in [9.17, 15) is 4.79 Å². The normalized spacial score (nSPS) is 29.8. The van der Waals surface area contributed by atoms with Crippen LogP contribution in [0, 0.1) is 5.92 Å². The van der Waals surface area contributed by atoms with Crippen molar-refractivity contribution in [1.29, 1.82) is 0 Å². The highest BCUT2D eigenvalue weighted by Crippen LogP contribution is 2.43. The summed E-state index contributed by atoms with van der Waals surface area (Å²) < 4.78 is 0. The van der Waals surface area contributed by atoms with Crippen LogP contribution in [0.5, 0.6) is 0 Å². The molecule has 0 aromatic rings. The van der Waals surface area contributed by atoms with Crippen molar-refractivity contribution in [2.24, 2.45) is 5.92 Å². The maximum absolute atomic E-state index is 10.5. The van der Waals surface area contributed by atoms with E-state index < -0.39 is 5.97 Å². The minimum Gasteiger partial charge on any atom is -0.478 e. The molecule has 0 heterocycles. The van der Waals surface area contributed by atoms with Crippen LogP contribution in [-0.2, 0) is 4.79 Å². The Morgan fingerprint density at radius 2 is 2.30 bits per heavy atom. The predicted octanol–water partition coefficient (Wildman–Crippen LogP) is 1.57. The lowest BCUT2D eigenvalue weighted by molar-refractivity contribution is -0.132. The molecule has 1 saturated carbocycles. The Labute approximate surface area is 59.5 Å². The summed E-state index contributed by atoms with van der Waals surface area (Å²) in [5.74, 6) is -0.00157. The van der Waals surface area contributed by atoms with E-state index in [2.05, 4.69) is 0 Å². The lowest BCUT2D eigenvalue weighted by atomic mass is 9.99. The summed E-state index contributed by atoms with van der Waals surface area (Å²) in [5.41, 5.74) is 1.94. The largest absolute Gasteiger partial charge is 0.478 e. The summed E-state index contributed by atoms with van der Waals surface area (Å²) in [6.45, 7) is 0. The van der Waals surface area contributed by atoms with E-state index >= 15 is 0 Å². The van der Waals surface area contributed by atoms with Crippen molar-refractivity contribution in [3.63, 3.8) is 0 Å². The van der Waals surface area contributed by atoms with Gasteiger partial charge in [0.15, 0.2) is 0 Å². The van der Waals surface area contributed by atoms with Crippen LogP contribution in [0.4, 0.5) is 0 Å². The molecule has 0 spiro atoms. The van der Waals surface area contributed by atoms with Crippen LogP contribution >= 0.6 is 0 Å². The second-order valence-electron chi connectivity index (χ2n) is 3.20. The maximum Gasteiger partial charge on any atom is 0.331 e. The highest BCUT2D eigenvalue weighted by molar-refractivity contribution is 5.88. The number of hydrogen-bond acceptors (Lipinski definition) is 1. The summed E-state index contributed by atoms with van der Waals surface area (Å²) in [6.07, 6.45) is 4.19. The lowest BCUT2D eigenvalue weighted by Gasteiger charge is -2.06. The number of rotatable bonds is 1. The number of carboxylic acids is 1. The Morgan fingerprint density at radius 3 is 2.60 bits per heavy atom. The van der Waals surface area contributed by atoms with Gasteiger partial charge in [-0.15, -0.1) is 0 Å². The van der Waals surface area contributed by atoms with Crippen LogP contribution < -0.4 is 0 Å². The number of carbonyl (C=O) groups is 1. The maximum atomic E-state index is 10.5. The molecule has 2 rings (SSSR count). The van der Waals surface area contributed by atoms with Gasteiger partial charge in [-0.1, -0.05) is 5.57 Å². The third-order valence-corrected chi connectivity index (χ3v) is 2.57. The van der Waals surface area contributed by atoms with E-state index in [1.54, 1.807) is 0 Å². The average molecular weight is 138 g/mol. The summed E-state index contributed by atoms with van der Waals surface area (Å²) in [6, 6.07) is 0. The fourth-order valence-electron chi connectivity index (χ4n) is 2.05. The van der Waals surface area contributed by atoms with Crippen molar-refractivity contribution in [3.8, 4) is 0 Å². The molecule has 0 aromatic heterocycles. The van der Waals surface area contributed by atoms with E-state index in [4.69, 9.17) is 5.11 Å². The summed E-state index contributed by atoms with van der Waals surface area (Å²) in [7, 11) is 0. The molecule has 0 amide bonds. The molecule has 0 saturated heterocycles. The number of fused-ring (bicyclic) bond motifs is 2. The fraction of sp³-hybridized carbons (Fsp3) is 0.625. The van der Waals surface area contributed by atoms with E-state index in [-0.39, 0.29) is 0 Å². The van der Waals surface area contributed by atoms with Crippen LogP contribution in [0.15, 0.2) is 11.1 Å². The lowest BCUT2D eigenvalue weighted by Crippen LogP contribution is -2.04. The zero-order valence-electron chi connectivity index (χ0n) is 5.76. The number of aliphatic carboxylic acids is 1. The van der Waals surface area contributed by atoms with Crippen molar-refractivity contribution >= 4 is 5.97 Å². The molecule has 54 valence electrons. The Hall–Kier alpha value is -0.790. The number of allylic oxidation sites excluding steroid dienone is 1. The van der Waals surface area contributed by atoms with Crippen LogP contribution in [0.2, 0.25) is 0 Å². The summed E-state index contributed by atoms with van der Waals surface area (Å²) in [5, 5.41) is 8.68. The second kappa shape index (κ2) is 1.84. The van der Waals surface area contributed by atoms with Gasteiger partial charge >= 0.3 is 5.97 Å². The third kappa shape index (κ3) is 0.681. The van der Waals surface area contributed by atoms with Crippen molar-refractivity contribution < 1.29 is 9.90 Å². The molecule has 0 aromatic carbocycles. The SMILES string of the molecule is O=C(O)C1=C2CC[C@@H](C2)C1. The molecule has 1 fully saturated rings. The van der Waals surface area contributed by atoms with Gasteiger partial charge in [-0.3, -0.25) is 0 Å². The first-order valence-corrected chi connectivity index (χ1v) is 3.71. The first kappa shape index (κ1) is 5.96. The molecule has 1 N–H and O–H groups in total. The van der Waals surface area contributed by atoms with Crippen LogP contribution in [0.3, 0.4) is 0 Å². The Kier molecular flexibility index (Phi) is 1.10. The first-order chi connectivity index (χ1) is 4.77. The summed E-state index contributed by atoms with van der Waals surface area (Å²) in [4.78, 5) is 10.5. The molecule has 2 heteroatoms. The van der Waals surface area contributed by atoms with Gasteiger partial charge in [0.2, 0.25) is 0 Å². The highest BCUT2D eigenvalue weighted by atomic mass is 16.4. The predicted molar refractivity (Wildman–Crippen MR) is 36.6 cm³/mol. The van der Waals surface area contributed by atoms with Gasteiger partial charge in [0.25, 0.3) is 0 Å². The highest BCUT2D eigenvalue weighted by Gasteiger charge is 2.32. The van der Waals surface area contributed by atoms with E-state index in [1.807, 2.05) is 0 Å². The molecule has 2 bridgehead atoms. The average Bonchev–Trinajstić information content (AvgIpc) is 2.44. The van der Waals surface area contributed by atoms with Gasteiger partial charge in [0.05, 0.1) is 0 Å². The van der Waals surface area contributed by atoms with Gasteiger partial charge in [-0.25, -0.2) is 4.79 Å². The van der Waals surface area contributed by atoms with Crippen molar-refractivity contribution in [3.05, 3.63) is 11.1 Å². The van der Waals surface area contributed by atoms with Crippen LogP contribution in [0.1, 0.15) is 25.7 Å². The molecular weight excluding hydrogens is 128 g/mol. The van der Waals surface area contributed by atoms with Gasteiger partial charge < -0.3 is 5.11 Å². The van der Waals surface area contributed by atoms with Crippen molar-refractivity contribution in [2.75, 3.05) is 0 Å². The van der Waals surface area contributed by atoms with Crippen molar-refractivity contribution in [1.82, 2.24) is 0 Å². The first-order valence-electron chi connectivity index (χ1n) is 3.71. The molecule has 0 radical (unpaired) electrons. The molecule has 10 heavy (non-hydrogen) atoms. The van der Waals surface area contributed by atoms with E-state index in [0.29, 0.717) is 5.92 Å². The molecule has 0 unspecified atom stereocenters. The number of hydrogen-bond donors (Lipinski definition) is 1. The topological polar surface area (TPSA) is 37.3 Å².